The minimum atomic E-state index is -0.227. The maximum Gasteiger partial charge on any atom is 0.323 e. The number of benzene rings is 2. The van der Waals surface area contributed by atoms with E-state index in [4.69, 9.17) is 4.52 Å². The molecule has 0 unspecified atom stereocenters. The third-order valence-electron chi connectivity index (χ3n) is 4.76. The summed E-state index contributed by atoms with van der Waals surface area (Å²) in [4.78, 5) is 22.4. The molecule has 0 saturated heterocycles. The van der Waals surface area contributed by atoms with Crippen LogP contribution < -0.4 is 5.69 Å². The summed E-state index contributed by atoms with van der Waals surface area (Å²) in [5, 5.41) is 5.08. The van der Waals surface area contributed by atoms with E-state index in [2.05, 4.69) is 32.2 Å². The van der Waals surface area contributed by atoms with Gasteiger partial charge < -0.3 is 14.5 Å². The zero-order valence-electron chi connectivity index (χ0n) is 15.0. The predicted molar refractivity (Wildman–Crippen MR) is 107 cm³/mol. The molecule has 5 rings (SSSR count). The van der Waals surface area contributed by atoms with E-state index in [0.717, 1.165) is 60.0 Å². The lowest BCUT2D eigenvalue weighted by atomic mass is 9.96. The molecule has 0 bridgehead atoms. The van der Waals surface area contributed by atoms with E-state index in [-0.39, 0.29) is 5.69 Å². The lowest BCUT2D eigenvalue weighted by Gasteiger charge is -2.09. The molecule has 0 amide bonds. The Hall–Kier alpha value is -3.19. The van der Waals surface area contributed by atoms with Crippen molar-refractivity contribution >= 4 is 32.6 Å². The summed E-state index contributed by atoms with van der Waals surface area (Å²) in [7, 11) is 0. The van der Waals surface area contributed by atoms with Crippen LogP contribution in [0.1, 0.15) is 16.5 Å². The van der Waals surface area contributed by atoms with Gasteiger partial charge in [-0.2, -0.15) is 0 Å². The Labute approximate surface area is 157 Å². The van der Waals surface area contributed by atoms with Gasteiger partial charge in [0.1, 0.15) is 5.76 Å². The number of nitrogens with one attached hydrogen (secondary N) is 2. The molecular weight excluding hydrogens is 360 g/mol. The highest BCUT2D eigenvalue weighted by Crippen LogP contribution is 2.39. The van der Waals surface area contributed by atoms with Crippen LogP contribution in [0.2, 0.25) is 0 Å². The zero-order valence-corrected chi connectivity index (χ0v) is 15.8. The molecule has 0 aliphatic carbocycles. The second kappa shape index (κ2) is 5.65. The summed E-state index contributed by atoms with van der Waals surface area (Å²) in [6.07, 6.45) is 0. The van der Waals surface area contributed by atoms with Crippen molar-refractivity contribution in [3.63, 3.8) is 0 Å². The number of nitrogens with zero attached hydrogens (tertiary/aromatic N) is 2. The smallest absolute Gasteiger partial charge is 0.323 e. The van der Waals surface area contributed by atoms with Crippen LogP contribution in [-0.4, -0.2) is 20.1 Å². The first-order chi connectivity index (χ1) is 13.0. The zero-order chi connectivity index (χ0) is 18.7. The van der Waals surface area contributed by atoms with E-state index >= 15 is 0 Å². The fourth-order valence-electron chi connectivity index (χ4n) is 3.67. The third-order valence-corrected chi connectivity index (χ3v) is 5.78. The summed E-state index contributed by atoms with van der Waals surface area (Å²) in [6.45, 7) is 5.82. The average Bonchev–Trinajstić information content (AvgIpc) is 3.28. The van der Waals surface area contributed by atoms with E-state index in [1.54, 1.807) is 11.3 Å². The molecule has 2 aromatic carbocycles. The Morgan fingerprint density at radius 3 is 2.70 bits per heavy atom. The van der Waals surface area contributed by atoms with Crippen LogP contribution in [0, 0.1) is 20.8 Å². The van der Waals surface area contributed by atoms with Gasteiger partial charge >= 0.3 is 5.69 Å². The molecule has 2 N–H and O–H groups in total. The fourth-order valence-corrected chi connectivity index (χ4v) is 4.61. The van der Waals surface area contributed by atoms with Crippen LogP contribution in [0.3, 0.4) is 0 Å². The van der Waals surface area contributed by atoms with Gasteiger partial charge in [0.05, 0.1) is 32.0 Å². The van der Waals surface area contributed by atoms with Crippen molar-refractivity contribution in [1.82, 2.24) is 20.1 Å². The Bertz CT molecular complexity index is 1370. The van der Waals surface area contributed by atoms with Crippen molar-refractivity contribution < 1.29 is 4.52 Å². The molecule has 0 aliphatic rings. The minimum Gasteiger partial charge on any atom is -0.361 e. The molecular formula is C20H16N4O2S. The van der Waals surface area contributed by atoms with Crippen LogP contribution in [0.5, 0.6) is 0 Å². The molecule has 3 aromatic heterocycles. The van der Waals surface area contributed by atoms with Crippen molar-refractivity contribution in [1.29, 1.82) is 0 Å². The van der Waals surface area contributed by atoms with E-state index in [0.29, 0.717) is 0 Å². The first kappa shape index (κ1) is 16.0. The molecule has 0 atom stereocenters. The molecule has 134 valence electrons. The lowest BCUT2D eigenvalue weighted by Crippen LogP contribution is -1.99. The van der Waals surface area contributed by atoms with Gasteiger partial charge in [-0.05, 0) is 44.5 Å². The van der Waals surface area contributed by atoms with Crippen LogP contribution in [-0.2, 0) is 0 Å². The summed E-state index contributed by atoms with van der Waals surface area (Å²) in [5.41, 5.74) is 7.01. The molecule has 0 aliphatic heterocycles. The monoisotopic (exact) mass is 376 g/mol. The Kier molecular flexibility index (Phi) is 3.35. The Morgan fingerprint density at radius 2 is 1.93 bits per heavy atom. The maximum absolute atomic E-state index is 12.0. The van der Waals surface area contributed by atoms with Gasteiger partial charge in [0, 0.05) is 16.7 Å². The topological polar surface area (TPSA) is 87.6 Å². The Balaban J connectivity index is 1.89. The number of hydrogen-bond acceptors (Lipinski definition) is 5. The minimum absolute atomic E-state index is 0.227. The van der Waals surface area contributed by atoms with E-state index in [1.165, 1.54) is 0 Å². The summed E-state index contributed by atoms with van der Waals surface area (Å²) in [5.74, 6) is 0.752. The molecule has 7 heteroatoms. The van der Waals surface area contributed by atoms with Gasteiger partial charge in [-0.15, -0.1) is 11.3 Å². The highest BCUT2D eigenvalue weighted by Gasteiger charge is 2.18. The molecule has 0 spiro atoms. The second-order valence-corrected chi connectivity index (χ2v) is 7.81. The first-order valence-corrected chi connectivity index (χ1v) is 9.39. The van der Waals surface area contributed by atoms with Gasteiger partial charge in [-0.1, -0.05) is 17.3 Å². The van der Waals surface area contributed by atoms with Gasteiger partial charge in [-0.3, -0.25) is 0 Å². The van der Waals surface area contributed by atoms with Crippen molar-refractivity contribution in [2.45, 2.75) is 20.8 Å². The molecule has 6 nitrogen and oxygen atoms in total. The molecule has 5 aromatic rings. The van der Waals surface area contributed by atoms with Gasteiger partial charge in [0.25, 0.3) is 0 Å². The van der Waals surface area contributed by atoms with Crippen molar-refractivity contribution in [3.8, 4) is 22.3 Å². The summed E-state index contributed by atoms with van der Waals surface area (Å²) < 4.78 is 6.45. The number of aromatic amines is 2. The van der Waals surface area contributed by atoms with Crippen LogP contribution in [0.15, 0.2) is 39.6 Å². The predicted octanol–water partition coefficient (Wildman–Crippen LogP) is 4.71. The van der Waals surface area contributed by atoms with E-state index in [1.807, 2.05) is 39.0 Å². The van der Waals surface area contributed by atoms with E-state index in [9.17, 15) is 4.79 Å². The highest BCUT2D eigenvalue weighted by atomic mass is 32.1. The van der Waals surface area contributed by atoms with Crippen molar-refractivity contribution in [2.24, 2.45) is 0 Å². The van der Waals surface area contributed by atoms with Gasteiger partial charge in [-0.25, -0.2) is 9.78 Å². The highest BCUT2D eigenvalue weighted by molar-refractivity contribution is 7.19. The number of hydrogen-bond donors (Lipinski definition) is 2. The number of imidazole rings is 1. The lowest BCUT2D eigenvalue weighted by molar-refractivity contribution is 0.393. The average molecular weight is 376 g/mol. The molecule has 3 heterocycles. The molecule has 0 saturated carbocycles. The molecule has 0 fully saturated rings. The third kappa shape index (κ3) is 2.43. The van der Waals surface area contributed by atoms with Crippen molar-refractivity contribution in [3.05, 3.63) is 57.3 Å². The maximum atomic E-state index is 12.0. The van der Waals surface area contributed by atoms with Gasteiger partial charge in [0.15, 0.2) is 0 Å². The number of aryl methyl sites for hydroxylation is 3. The van der Waals surface area contributed by atoms with Gasteiger partial charge in [0.2, 0.25) is 0 Å². The fraction of sp³-hybridized carbons (Fsp3) is 0.150. The number of rotatable bonds is 2. The number of aromatic nitrogens is 4. The number of fused-ring (bicyclic) bond motifs is 2. The first-order valence-electron chi connectivity index (χ1n) is 8.57. The molecule has 0 radical (unpaired) electrons. The second-order valence-electron chi connectivity index (χ2n) is 6.61. The molecule has 27 heavy (non-hydrogen) atoms. The quantitative estimate of drug-likeness (QED) is 0.467. The van der Waals surface area contributed by atoms with Crippen LogP contribution in [0.25, 0.3) is 43.5 Å². The van der Waals surface area contributed by atoms with E-state index < -0.39 is 0 Å². The summed E-state index contributed by atoms with van der Waals surface area (Å²) in [6, 6.07) is 10.1. The standard InChI is InChI=1S/C20H16N4O2S/c1-9-17(10(2)26-24-9)12-7-14(18-16(8-12)22-20(25)23-18)13-5-4-6-15-19(13)27-11(3)21-15/h4-8H,1-3H3,(H2,22,23,25). The SMILES string of the molecule is Cc1nc2cccc(-c3cc(-c4c(C)noc4C)cc4[nH]c(=O)[nH]c34)c2s1. The normalized spacial score (nSPS) is 11.7. The largest absolute Gasteiger partial charge is 0.361 e. The van der Waals surface area contributed by atoms with Crippen molar-refractivity contribution in [2.75, 3.05) is 0 Å². The number of H-pyrrole nitrogens is 2. The van der Waals surface area contributed by atoms with Crippen LogP contribution >= 0.6 is 11.3 Å². The number of thiazole rings is 1. The summed E-state index contributed by atoms with van der Waals surface area (Å²) >= 11 is 1.65. The van der Waals surface area contributed by atoms with Crippen LogP contribution in [0.4, 0.5) is 0 Å². The Morgan fingerprint density at radius 1 is 1.07 bits per heavy atom.